The highest BCUT2D eigenvalue weighted by Gasteiger charge is 2.43. The first-order chi connectivity index (χ1) is 13.7. The van der Waals surface area contributed by atoms with Gasteiger partial charge in [-0.05, 0) is 36.2 Å². The second kappa shape index (κ2) is 6.74. The number of sulfonamides is 2. The molecule has 29 heavy (non-hydrogen) atoms. The Kier molecular flexibility index (Phi) is 4.58. The fourth-order valence-electron chi connectivity index (χ4n) is 3.76. The number of anilines is 2. The van der Waals surface area contributed by atoms with Crippen LogP contribution in [0, 0.1) is 5.92 Å². The van der Waals surface area contributed by atoms with Crippen molar-refractivity contribution in [1.29, 1.82) is 0 Å². The average molecular weight is 437 g/mol. The Morgan fingerprint density at radius 3 is 2.52 bits per heavy atom. The van der Waals surface area contributed by atoms with E-state index in [4.69, 9.17) is 4.74 Å². The lowest BCUT2D eigenvalue weighted by molar-refractivity contribution is -0.119. The maximum absolute atomic E-state index is 13.4. The molecule has 4 rings (SSSR count). The minimum atomic E-state index is -4.04. The molecule has 1 unspecified atom stereocenters. The molecule has 0 aromatic heterocycles. The molecule has 0 spiro atoms. The number of para-hydroxylation sites is 1. The third-order valence-electron chi connectivity index (χ3n) is 5.15. The Bertz CT molecular complexity index is 1210. The molecule has 2 aromatic rings. The predicted octanol–water partition coefficient (Wildman–Crippen LogP) is 1.76. The van der Waals surface area contributed by atoms with Crippen LogP contribution in [0.4, 0.5) is 11.4 Å². The number of carbonyl (C=O) groups excluding carboxylic acids is 1. The van der Waals surface area contributed by atoms with Crippen molar-refractivity contribution >= 4 is 37.3 Å². The molecular weight excluding hydrogens is 416 g/mol. The smallest absolute Gasteiger partial charge is 0.268 e. The molecule has 0 radical (unpaired) electrons. The topological polar surface area (TPSA) is 101 Å². The average Bonchev–Trinajstić information content (AvgIpc) is 3.20. The predicted molar refractivity (Wildman–Crippen MR) is 108 cm³/mol. The minimum Gasteiger partial charge on any atom is -0.495 e. The quantitative estimate of drug-likeness (QED) is 0.724. The summed E-state index contributed by atoms with van der Waals surface area (Å²) in [4.78, 5) is 12.2. The van der Waals surface area contributed by atoms with Gasteiger partial charge in [-0.15, -0.1) is 0 Å². The lowest BCUT2D eigenvalue weighted by Crippen LogP contribution is -2.32. The summed E-state index contributed by atoms with van der Waals surface area (Å²) in [5.41, 5.74) is 1.49. The molecule has 2 aliphatic heterocycles. The van der Waals surface area contributed by atoms with Crippen molar-refractivity contribution in [3.05, 3.63) is 48.0 Å². The van der Waals surface area contributed by atoms with Crippen LogP contribution < -0.4 is 13.3 Å². The molecule has 0 aliphatic carbocycles. The fourth-order valence-corrected chi connectivity index (χ4v) is 7.25. The zero-order valence-electron chi connectivity index (χ0n) is 15.9. The summed E-state index contributed by atoms with van der Waals surface area (Å²) in [6.07, 6.45) is 0.577. The Balaban J connectivity index is 1.84. The summed E-state index contributed by atoms with van der Waals surface area (Å²) in [6.45, 7) is 1.80. The number of rotatable bonds is 4. The van der Waals surface area contributed by atoms with Gasteiger partial charge in [-0.1, -0.05) is 25.1 Å². The normalized spacial score (nSPS) is 20.8. The van der Waals surface area contributed by atoms with Crippen LogP contribution in [-0.2, 0) is 31.3 Å². The minimum absolute atomic E-state index is 0.00814. The van der Waals surface area contributed by atoms with E-state index in [0.717, 1.165) is 5.56 Å². The molecule has 0 N–H and O–H groups in total. The zero-order chi connectivity index (χ0) is 21.0. The van der Waals surface area contributed by atoms with Gasteiger partial charge < -0.3 is 4.74 Å². The van der Waals surface area contributed by atoms with Crippen LogP contribution in [0.25, 0.3) is 0 Å². The van der Waals surface area contributed by atoms with Crippen LogP contribution in [-0.4, -0.2) is 42.2 Å². The van der Waals surface area contributed by atoms with E-state index in [1.807, 2.05) is 12.1 Å². The largest absolute Gasteiger partial charge is 0.495 e. The summed E-state index contributed by atoms with van der Waals surface area (Å²) in [6, 6.07) is 11.2. The van der Waals surface area contributed by atoms with Gasteiger partial charge in [-0.2, -0.15) is 0 Å². The van der Waals surface area contributed by atoms with Crippen LogP contribution in [0.15, 0.2) is 47.4 Å². The van der Waals surface area contributed by atoms with Gasteiger partial charge in [-0.25, -0.2) is 21.1 Å². The Hall–Kier alpha value is -2.59. The van der Waals surface area contributed by atoms with Crippen molar-refractivity contribution in [3.8, 4) is 5.75 Å². The molecule has 8 nitrogen and oxygen atoms in total. The van der Waals surface area contributed by atoms with E-state index < -0.39 is 31.9 Å². The Morgan fingerprint density at radius 1 is 1.14 bits per heavy atom. The zero-order valence-corrected chi connectivity index (χ0v) is 17.5. The van der Waals surface area contributed by atoms with Gasteiger partial charge in [0.1, 0.15) is 10.6 Å². The summed E-state index contributed by atoms with van der Waals surface area (Å²) >= 11 is 0. The van der Waals surface area contributed by atoms with Gasteiger partial charge in [0, 0.05) is 6.54 Å². The number of benzene rings is 2. The SMILES string of the molecule is COc1ccc(N2C(=O)C(C)CS2(=O)=O)cc1S(=O)(=O)N1CCc2ccccc21. The van der Waals surface area contributed by atoms with E-state index in [1.165, 1.54) is 36.5 Å². The highest BCUT2D eigenvalue weighted by Crippen LogP contribution is 2.38. The van der Waals surface area contributed by atoms with Crippen LogP contribution in [0.5, 0.6) is 5.75 Å². The van der Waals surface area contributed by atoms with Gasteiger partial charge in [0.2, 0.25) is 15.9 Å². The first kappa shape index (κ1) is 19.7. The monoisotopic (exact) mass is 436 g/mol. The van der Waals surface area contributed by atoms with Gasteiger partial charge in [-0.3, -0.25) is 9.10 Å². The van der Waals surface area contributed by atoms with Crippen molar-refractivity contribution in [1.82, 2.24) is 0 Å². The number of carbonyl (C=O) groups is 1. The van der Waals surface area contributed by atoms with E-state index in [0.29, 0.717) is 16.4 Å². The van der Waals surface area contributed by atoms with E-state index in [2.05, 4.69) is 0 Å². The third-order valence-corrected chi connectivity index (χ3v) is 8.86. The first-order valence-electron chi connectivity index (χ1n) is 9.02. The number of hydrogen-bond acceptors (Lipinski definition) is 6. The van der Waals surface area contributed by atoms with E-state index in [-0.39, 0.29) is 28.6 Å². The number of fused-ring (bicyclic) bond motifs is 1. The molecule has 1 amide bonds. The van der Waals surface area contributed by atoms with Crippen LogP contribution in [0.3, 0.4) is 0 Å². The van der Waals surface area contributed by atoms with Crippen molar-refractivity contribution in [2.75, 3.05) is 28.0 Å². The first-order valence-corrected chi connectivity index (χ1v) is 12.1. The highest BCUT2D eigenvalue weighted by molar-refractivity contribution is 7.94. The summed E-state index contributed by atoms with van der Waals surface area (Å²) in [5.74, 6) is -1.49. The highest BCUT2D eigenvalue weighted by atomic mass is 32.2. The summed E-state index contributed by atoms with van der Waals surface area (Å²) in [5, 5.41) is 0. The lowest BCUT2D eigenvalue weighted by Gasteiger charge is -2.23. The number of nitrogens with zero attached hydrogens (tertiary/aromatic N) is 2. The second-order valence-electron chi connectivity index (χ2n) is 7.07. The lowest BCUT2D eigenvalue weighted by atomic mass is 10.2. The molecule has 2 heterocycles. The van der Waals surface area contributed by atoms with Crippen LogP contribution in [0.1, 0.15) is 12.5 Å². The van der Waals surface area contributed by atoms with Crippen molar-refractivity contribution in [2.24, 2.45) is 5.92 Å². The fraction of sp³-hybridized carbons (Fsp3) is 0.316. The van der Waals surface area contributed by atoms with Gasteiger partial charge in [0.15, 0.2) is 0 Å². The number of amides is 1. The van der Waals surface area contributed by atoms with Crippen molar-refractivity contribution in [2.45, 2.75) is 18.2 Å². The van der Waals surface area contributed by atoms with Crippen molar-refractivity contribution in [3.63, 3.8) is 0 Å². The molecule has 2 aromatic carbocycles. The van der Waals surface area contributed by atoms with Gasteiger partial charge in [0.25, 0.3) is 10.0 Å². The Labute approximate surface area is 169 Å². The van der Waals surface area contributed by atoms with Gasteiger partial charge in [0.05, 0.1) is 30.2 Å². The number of hydrogen-bond donors (Lipinski definition) is 0. The van der Waals surface area contributed by atoms with Crippen molar-refractivity contribution < 1.29 is 26.4 Å². The Morgan fingerprint density at radius 2 is 1.86 bits per heavy atom. The third kappa shape index (κ3) is 3.06. The maximum atomic E-state index is 13.4. The molecule has 1 atom stereocenters. The molecule has 10 heteroatoms. The maximum Gasteiger partial charge on any atom is 0.268 e. The van der Waals surface area contributed by atoms with E-state index in [1.54, 1.807) is 12.1 Å². The summed E-state index contributed by atoms with van der Waals surface area (Å²) < 4.78 is 59.0. The molecule has 1 fully saturated rings. The second-order valence-corrected chi connectivity index (χ2v) is 10.8. The van der Waals surface area contributed by atoms with E-state index >= 15 is 0 Å². The summed E-state index contributed by atoms with van der Waals surface area (Å²) in [7, 11) is -6.55. The standard InChI is InChI=1S/C19H20N2O6S2/c1-13-12-28(23,24)21(19(13)22)15-7-8-17(27-2)18(11-15)29(25,26)20-10-9-14-5-3-4-6-16(14)20/h3-8,11,13H,9-10,12H2,1-2H3. The number of methoxy groups -OCH3 is 1. The molecule has 0 saturated carbocycles. The van der Waals surface area contributed by atoms with E-state index in [9.17, 15) is 21.6 Å². The van der Waals surface area contributed by atoms with Crippen LogP contribution in [0.2, 0.25) is 0 Å². The van der Waals surface area contributed by atoms with Gasteiger partial charge >= 0.3 is 0 Å². The number of ether oxygens (including phenoxy) is 1. The molecular formula is C19H20N2O6S2. The van der Waals surface area contributed by atoms with Crippen LogP contribution >= 0.6 is 0 Å². The molecule has 1 saturated heterocycles. The molecule has 0 bridgehead atoms. The molecule has 2 aliphatic rings. The molecule has 154 valence electrons.